The molecule has 2 aromatic carbocycles. The van der Waals surface area contributed by atoms with Gasteiger partial charge in [0.1, 0.15) is 11.5 Å². The minimum absolute atomic E-state index is 0.187. The molecule has 0 unspecified atom stereocenters. The van der Waals surface area contributed by atoms with Crippen LogP contribution in [0.2, 0.25) is 4.34 Å². The summed E-state index contributed by atoms with van der Waals surface area (Å²) in [4.78, 5) is 17.1. The van der Waals surface area contributed by atoms with Gasteiger partial charge in [0.2, 0.25) is 0 Å². The molecule has 0 aliphatic rings. The van der Waals surface area contributed by atoms with E-state index in [0.29, 0.717) is 32.2 Å². The van der Waals surface area contributed by atoms with E-state index in [0.717, 1.165) is 22.2 Å². The topological polar surface area (TPSA) is 81.7 Å². The molecule has 0 spiro atoms. The van der Waals surface area contributed by atoms with Gasteiger partial charge in [0.15, 0.2) is 16.6 Å². The Morgan fingerprint density at radius 1 is 1.03 bits per heavy atom. The first kappa shape index (κ1) is 23.7. The van der Waals surface area contributed by atoms with Crippen molar-refractivity contribution < 1.29 is 19.0 Å². The van der Waals surface area contributed by atoms with Crippen molar-refractivity contribution in [1.82, 2.24) is 10.3 Å². The number of hydrogen-bond donors (Lipinski definition) is 2. The molecule has 0 aliphatic carbocycles. The largest absolute Gasteiger partial charge is 0.493 e. The number of ether oxygens (including phenoxy) is 3. The number of halogens is 1. The van der Waals surface area contributed by atoms with Crippen LogP contribution in [0.1, 0.15) is 15.2 Å². The number of pyridine rings is 1. The second-order valence-corrected chi connectivity index (χ2v) is 9.25. The minimum atomic E-state index is -0.316. The van der Waals surface area contributed by atoms with Gasteiger partial charge in [-0.25, -0.2) is 0 Å². The minimum Gasteiger partial charge on any atom is -0.493 e. The van der Waals surface area contributed by atoms with Crippen LogP contribution in [0.15, 0.2) is 54.7 Å². The Hall–Kier alpha value is -3.40. The third-order valence-corrected chi connectivity index (χ3v) is 6.34. The van der Waals surface area contributed by atoms with Gasteiger partial charge in [-0.1, -0.05) is 11.6 Å². The molecule has 1 amide bonds. The van der Waals surface area contributed by atoms with Crippen LogP contribution in [0, 0.1) is 6.92 Å². The average molecular weight is 514 g/mol. The second-order valence-electron chi connectivity index (χ2n) is 7.12. The Balaban J connectivity index is 1.50. The van der Waals surface area contributed by atoms with E-state index in [1.54, 1.807) is 44.7 Å². The van der Waals surface area contributed by atoms with Crippen LogP contribution in [0.4, 0.5) is 5.69 Å². The van der Waals surface area contributed by atoms with Crippen LogP contribution in [0.25, 0.3) is 10.9 Å². The van der Waals surface area contributed by atoms with Gasteiger partial charge in [-0.2, -0.15) is 0 Å². The molecule has 34 heavy (non-hydrogen) atoms. The molecule has 0 saturated carbocycles. The predicted octanol–water partition coefficient (Wildman–Crippen LogP) is 6.19. The lowest BCUT2D eigenvalue weighted by atomic mass is 10.1. The standard InChI is InChI=1S/C24H20ClN3O4S2/c1-13-10-14(4-5-16(13)27-24(33)28-23(29)21-6-7-22(25)34-21)32-18-8-9-26-17-12-20(31-3)19(30-2)11-15(17)18/h4-12H,1-3H3,(H2,27,28,29,33). The number of thiophene rings is 1. The highest BCUT2D eigenvalue weighted by Gasteiger charge is 2.13. The highest BCUT2D eigenvalue weighted by molar-refractivity contribution is 7.80. The van der Waals surface area contributed by atoms with Crippen LogP contribution in [-0.4, -0.2) is 30.2 Å². The average Bonchev–Trinajstić information content (AvgIpc) is 3.26. The Kier molecular flexibility index (Phi) is 7.16. The van der Waals surface area contributed by atoms with Crippen LogP contribution in [0.3, 0.4) is 0 Å². The predicted molar refractivity (Wildman–Crippen MR) is 139 cm³/mol. The van der Waals surface area contributed by atoms with E-state index < -0.39 is 0 Å². The fraction of sp³-hybridized carbons (Fsp3) is 0.125. The maximum absolute atomic E-state index is 12.3. The van der Waals surface area contributed by atoms with E-state index in [1.807, 2.05) is 31.2 Å². The Morgan fingerprint density at radius 3 is 2.47 bits per heavy atom. The molecule has 0 atom stereocenters. The fourth-order valence-corrected chi connectivity index (χ4v) is 4.40. The summed E-state index contributed by atoms with van der Waals surface area (Å²) in [6, 6.07) is 14.3. The van der Waals surface area contributed by atoms with Gasteiger partial charge < -0.3 is 19.5 Å². The normalized spacial score (nSPS) is 10.6. The molecule has 10 heteroatoms. The summed E-state index contributed by atoms with van der Waals surface area (Å²) in [6.45, 7) is 1.91. The maximum Gasteiger partial charge on any atom is 0.267 e. The first-order chi connectivity index (χ1) is 16.4. The van der Waals surface area contributed by atoms with E-state index in [1.165, 1.54) is 11.3 Å². The quantitative estimate of drug-likeness (QED) is 0.297. The number of anilines is 1. The number of carbonyl (C=O) groups is 1. The molecule has 2 aromatic heterocycles. The lowest BCUT2D eigenvalue weighted by molar-refractivity contribution is 0.0981. The number of thiocarbonyl (C=S) groups is 1. The van der Waals surface area contributed by atoms with Crippen molar-refractivity contribution in [2.24, 2.45) is 0 Å². The van der Waals surface area contributed by atoms with Gasteiger partial charge in [-0.15, -0.1) is 11.3 Å². The first-order valence-electron chi connectivity index (χ1n) is 10.0. The van der Waals surface area contributed by atoms with E-state index in [4.69, 9.17) is 38.0 Å². The number of fused-ring (bicyclic) bond motifs is 1. The zero-order valence-electron chi connectivity index (χ0n) is 18.5. The molecular formula is C24H20ClN3O4S2. The first-order valence-corrected chi connectivity index (χ1v) is 11.6. The fourth-order valence-electron chi connectivity index (χ4n) is 3.26. The second kappa shape index (κ2) is 10.3. The van der Waals surface area contributed by atoms with Crippen molar-refractivity contribution in [3.63, 3.8) is 0 Å². The molecule has 0 aliphatic heterocycles. The lowest BCUT2D eigenvalue weighted by Crippen LogP contribution is -2.33. The molecule has 174 valence electrons. The van der Waals surface area contributed by atoms with E-state index in [9.17, 15) is 4.79 Å². The number of nitrogens with one attached hydrogen (secondary N) is 2. The van der Waals surface area contributed by atoms with Crippen molar-refractivity contribution >= 4 is 62.8 Å². The number of aromatic nitrogens is 1. The molecule has 2 N–H and O–H groups in total. The molecule has 0 fully saturated rings. The Bertz CT molecular complexity index is 1390. The van der Waals surface area contributed by atoms with E-state index >= 15 is 0 Å². The monoisotopic (exact) mass is 513 g/mol. The van der Waals surface area contributed by atoms with Crippen molar-refractivity contribution in [3.05, 3.63) is 69.5 Å². The highest BCUT2D eigenvalue weighted by Crippen LogP contribution is 2.37. The van der Waals surface area contributed by atoms with Crippen LogP contribution < -0.4 is 24.8 Å². The number of methoxy groups -OCH3 is 2. The zero-order chi connectivity index (χ0) is 24.2. The van der Waals surface area contributed by atoms with Crippen molar-refractivity contribution in [1.29, 1.82) is 0 Å². The third-order valence-electron chi connectivity index (χ3n) is 4.90. The van der Waals surface area contributed by atoms with Crippen molar-refractivity contribution in [2.45, 2.75) is 6.92 Å². The lowest BCUT2D eigenvalue weighted by Gasteiger charge is -2.14. The van der Waals surface area contributed by atoms with Gasteiger partial charge in [0.05, 0.1) is 28.9 Å². The smallest absolute Gasteiger partial charge is 0.267 e. The van der Waals surface area contributed by atoms with Gasteiger partial charge in [0.25, 0.3) is 5.91 Å². The van der Waals surface area contributed by atoms with Crippen LogP contribution >= 0.6 is 35.2 Å². The van der Waals surface area contributed by atoms with E-state index in [2.05, 4.69) is 15.6 Å². The molecule has 4 rings (SSSR count). The molecule has 4 aromatic rings. The summed E-state index contributed by atoms with van der Waals surface area (Å²) in [6.07, 6.45) is 1.67. The molecule has 2 heterocycles. The summed E-state index contributed by atoms with van der Waals surface area (Å²) in [5.74, 6) is 2.13. The molecule has 7 nitrogen and oxygen atoms in total. The summed E-state index contributed by atoms with van der Waals surface area (Å²) in [5.41, 5.74) is 2.34. The number of benzene rings is 2. The molecule has 0 radical (unpaired) electrons. The van der Waals surface area contributed by atoms with Crippen molar-refractivity contribution in [2.75, 3.05) is 19.5 Å². The Labute approximate surface area is 210 Å². The SMILES string of the molecule is COc1cc2nccc(Oc3ccc(NC(=S)NC(=O)c4ccc(Cl)s4)c(C)c3)c2cc1OC. The van der Waals surface area contributed by atoms with Gasteiger partial charge in [-0.3, -0.25) is 15.1 Å². The van der Waals surface area contributed by atoms with Gasteiger partial charge in [0, 0.05) is 23.3 Å². The van der Waals surface area contributed by atoms with Gasteiger partial charge >= 0.3 is 0 Å². The van der Waals surface area contributed by atoms with Gasteiger partial charge in [-0.05, 0) is 67.2 Å². The summed E-state index contributed by atoms with van der Waals surface area (Å²) >= 11 is 12.4. The maximum atomic E-state index is 12.3. The number of aryl methyl sites for hydroxylation is 1. The summed E-state index contributed by atoms with van der Waals surface area (Å²) < 4.78 is 17.5. The molecule has 0 bridgehead atoms. The number of amides is 1. The third kappa shape index (κ3) is 5.22. The number of carbonyl (C=O) groups excluding carboxylic acids is 1. The number of nitrogens with zero attached hydrogens (tertiary/aromatic N) is 1. The zero-order valence-corrected chi connectivity index (χ0v) is 20.9. The van der Waals surface area contributed by atoms with Crippen molar-refractivity contribution in [3.8, 4) is 23.0 Å². The Morgan fingerprint density at radius 2 is 1.79 bits per heavy atom. The molecular weight excluding hydrogens is 494 g/mol. The highest BCUT2D eigenvalue weighted by atomic mass is 35.5. The summed E-state index contributed by atoms with van der Waals surface area (Å²) in [7, 11) is 3.16. The summed E-state index contributed by atoms with van der Waals surface area (Å²) in [5, 5.41) is 6.67. The molecule has 0 saturated heterocycles. The van der Waals surface area contributed by atoms with Crippen LogP contribution in [-0.2, 0) is 0 Å². The van der Waals surface area contributed by atoms with E-state index in [-0.39, 0.29) is 11.0 Å². The van der Waals surface area contributed by atoms with Crippen LogP contribution in [0.5, 0.6) is 23.0 Å². The number of hydrogen-bond acceptors (Lipinski definition) is 7. The number of rotatable bonds is 6.